The van der Waals surface area contributed by atoms with Crippen LogP contribution >= 0.6 is 58.0 Å². The van der Waals surface area contributed by atoms with Crippen LogP contribution in [0.5, 0.6) is 0 Å². The van der Waals surface area contributed by atoms with E-state index in [0.29, 0.717) is 38.5 Å². The van der Waals surface area contributed by atoms with Crippen LogP contribution in [0.25, 0.3) is 0 Å². The van der Waals surface area contributed by atoms with Crippen LogP contribution in [0, 0.1) is 0 Å². The number of rotatable bonds is 7. The van der Waals surface area contributed by atoms with Gasteiger partial charge in [-0.05, 0) is 25.7 Å². The highest BCUT2D eigenvalue weighted by molar-refractivity contribution is 6.67. The fourth-order valence-corrected chi connectivity index (χ4v) is 1.77. The first-order chi connectivity index (χ1) is 6.81. The normalized spacial score (nSPS) is 12.1. The molecule has 0 aromatic rings. The van der Waals surface area contributed by atoms with E-state index in [9.17, 15) is 4.79 Å². The first kappa shape index (κ1) is 16.1. The largest absolute Gasteiger partial charge is 0.300 e. The maximum atomic E-state index is 11.3. The molecule has 90 valence electrons. The van der Waals surface area contributed by atoms with Crippen molar-refractivity contribution in [3.63, 3.8) is 0 Å². The monoisotopic (exact) mass is 312 g/mol. The van der Waals surface area contributed by atoms with E-state index in [0.717, 1.165) is 0 Å². The number of alkyl halides is 5. The minimum atomic E-state index is -1.25. The number of Topliss-reactive ketones (excluding diaryl/α,β-unsaturated/α-hetero) is 1. The van der Waals surface area contributed by atoms with Crippen molar-refractivity contribution in [1.29, 1.82) is 0 Å². The summed E-state index contributed by atoms with van der Waals surface area (Å²) in [5, 5.41) is 0. The van der Waals surface area contributed by atoms with E-state index in [2.05, 4.69) is 0 Å². The Kier molecular flexibility index (Phi) is 8.86. The Morgan fingerprint density at radius 2 is 1.60 bits per heavy atom. The summed E-state index contributed by atoms with van der Waals surface area (Å²) in [6.07, 6.45) is 3.29. The molecule has 0 saturated heterocycles. The highest BCUT2D eigenvalue weighted by Crippen LogP contribution is 2.31. The van der Waals surface area contributed by atoms with Crippen molar-refractivity contribution in [1.82, 2.24) is 0 Å². The Labute approximate surface area is 115 Å². The van der Waals surface area contributed by atoms with Gasteiger partial charge in [-0.2, -0.15) is 0 Å². The lowest BCUT2D eigenvalue weighted by atomic mass is 10.1. The van der Waals surface area contributed by atoms with Gasteiger partial charge in [0, 0.05) is 12.8 Å². The van der Waals surface area contributed by atoms with Crippen molar-refractivity contribution in [3.05, 3.63) is 0 Å². The Morgan fingerprint density at radius 3 is 2.07 bits per heavy atom. The van der Waals surface area contributed by atoms with Crippen LogP contribution in [0.4, 0.5) is 0 Å². The van der Waals surface area contributed by atoms with Gasteiger partial charge in [-0.15, -0.1) is 23.2 Å². The van der Waals surface area contributed by atoms with Gasteiger partial charge in [0.2, 0.25) is 0 Å². The number of ketones is 1. The number of hydrogen-bond acceptors (Lipinski definition) is 1. The number of carbonyl (C=O) groups excluding carboxylic acids is 1. The molecule has 0 aromatic carbocycles. The zero-order chi connectivity index (χ0) is 11.9. The van der Waals surface area contributed by atoms with Crippen LogP contribution in [0.3, 0.4) is 0 Å². The molecule has 1 nitrogen and oxygen atoms in total. The average Bonchev–Trinajstić information content (AvgIpc) is 2.00. The van der Waals surface area contributed by atoms with Crippen LogP contribution in [0.1, 0.15) is 38.5 Å². The molecule has 0 bridgehead atoms. The van der Waals surface area contributed by atoms with E-state index in [1.54, 1.807) is 0 Å². The molecule has 0 amide bonds. The van der Waals surface area contributed by atoms with Crippen LogP contribution in [0.15, 0.2) is 0 Å². The molecule has 0 N–H and O–H groups in total. The van der Waals surface area contributed by atoms with Crippen molar-refractivity contribution in [2.45, 2.75) is 47.2 Å². The summed E-state index contributed by atoms with van der Waals surface area (Å²) < 4.78 is -1.25. The minimum Gasteiger partial charge on any atom is -0.300 e. The first-order valence-electron chi connectivity index (χ1n) is 4.68. The van der Waals surface area contributed by atoms with E-state index < -0.39 is 3.79 Å². The van der Waals surface area contributed by atoms with Crippen LogP contribution in [0.2, 0.25) is 0 Å². The zero-order valence-electron chi connectivity index (χ0n) is 8.12. The average molecular weight is 314 g/mol. The van der Waals surface area contributed by atoms with Gasteiger partial charge in [0.15, 0.2) is 3.79 Å². The van der Waals surface area contributed by atoms with Crippen molar-refractivity contribution in [2.24, 2.45) is 0 Å². The first-order valence-corrected chi connectivity index (χ1v) is 6.68. The van der Waals surface area contributed by atoms with Gasteiger partial charge < -0.3 is 0 Å². The molecule has 0 spiro atoms. The quantitative estimate of drug-likeness (QED) is 0.600. The summed E-state index contributed by atoms with van der Waals surface area (Å²) in [6.45, 7) is 0. The van der Waals surface area contributed by atoms with Crippen molar-refractivity contribution in [2.75, 3.05) is 0 Å². The van der Waals surface area contributed by atoms with Crippen LogP contribution in [-0.4, -0.2) is 14.4 Å². The summed E-state index contributed by atoms with van der Waals surface area (Å²) >= 11 is 27.7. The van der Waals surface area contributed by atoms with Gasteiger partial charge in [0.1, 0.15) is 10.6 Å². The van der Waals surface area contributed by atoms with E-state index in [4.69, 9.17) is 58.0 Å². The minimum absolute atomic E-state index is 0.165. The molecule has 0 aromatic heterocycles. The smallest absolute Gasteiger partial charge is 0.190 e. The van der Waals surface area contributed by atoms with Crippen LogP contribution < -0.4 is 0 Å². The number of halogens is 5. The summed E-state index contributed by atoms with van der Waals surface area (Å²) in [5.41, 5.74) is 0. The summed E-state index contributed by atoms with van der Waals surface area (Å²) in [4.78, 5) is 10.9. The molecule has 0 fully saturated rings. The molecular weight excluding hydrogens is 301 g/mol. The predicted molar refractivity (Wildman–Crippen MR) is 68.5 cm³/mol. The van der Waals surface area contributed by atoms with Gasteiger partial charge in [-0.3, -0.25) is 4.79 Å². The lowest BCUT2D eigenvalue weighted by Gasteiger charge is -2.09. The van der Waals surface area contributed by atoms with Crippen LogP contribution in [-0.2, 0) is 4.79 Å². The van der Waals surface area contributed by atoms with E-state index in [-0.39, 0.29) is 10.6 Å². The molecule has 0 rings (SSSR count). The molecule has 0 aliphatic heterocycles. The summed E-state index contributed by atoms with van der Waals surface area (Å²) in [6, 6.07) is 0. The van der Waals surface area contributed by atoms with Crippen molar-refractivity contribution in [3.8, 4) is 0 Å². The molecule has 0 atom stereocenters. The standard InChI is InChI=1S/C9H13Cl5O/c10-8(11)5-1-3-7(15)4-2-6-9(12,13)14/h8H,1-6H2. The fourth-order valence-electron chi connectivity index (χ4n) is 1.06. The molecule has 0 saturated carbocycles. The van der Waals surface area contributed by atoms with E-state index in [1.807, 2.05) is 0 Å². The molecule has 15 heavy (non-hydrogen) atoms. The molecular formula is C9H13Cl5O. The highest BCUT2D eigenvalue weighted by atomic mass is 35.6. The molecule has 0 aliphatic carbocycles. The SMILES string of the molecule is O=C(CCCC(Cl)Cl)CCCC(Cl)(Cl)Cl. The Morgan fingerprint density at radius 1 is 1.07 bits per heavy atom. The van der Waals surface area contributed by atoms with Gasteiger partial charge in [-0.25, -0.2) is 0 Å². The lowest BCUT2D eigenvalue weighted by molar-refractivity contribution is -0.119. The van der Waals surface area contributed by atoms with Gasteiger partial charge in [0.05, 0.1) is 0 Å². The van der Waals surface area contributed by atoms with E-state index in [1.165, 1.54) is 0 Å². The third kappa shape index (κ3) is 13.1. The topological polar surface area (TPSA) is 17.1 Å². The Balaban J connectivity index is 3.42. The van der Waals surface area contributed by atoms with Crippen molar-refractivity contribution >= 4 is 63.8 Å². The molecule has 0 radical (unpaired) electrons. The number of hydrogen-bond donors (Lipinski definition) is 0. The maximum absolute atomic E-state index is 11.3. The van der Waals surface area contributed by atoms with Gasteiger partial charge >= 0.3 is 0 Å². The number of carbonyl (C=O) groups is 1. The molecule has 6 heteroatoms. The third-order valence-corrected chi connectivity index (χ3v) is 2.80. The van der Waals surface area contributed by atoms with Crippen molar-refractivity contribution < 1.29 is 4.79 Å². The second-order valence-corrected chi connectivity index (χ2v) is 7.08. The van der Waals surface area contributed by atoms with Gasteiger partial charge in [0.25, 0.3) is 0 Å². The second kappa shape index (κ2) is 8.25. The molecule has 0 heterocycles. The molecule has 0 aliphatic rings. The van der Waals surface area contributed by atoms with Gasteiger partial charge in [-0.1, -0.05) is 34.8 Å². The second-order valence-electron chi connectivity index (χ2n) is 3.29. The Bertz CT molecular complexity index is 187. The maximum Gasteiger partial charge on any atom is 0.190 e. The summed E-state index contributed by atoms with van der Waals surface area (Å²) in [5.74, 6) is 0.165. The highest BCUT2D eigenvalue weighted by Gasteiger charge is 2.19. The zero-order valence-corrected chi connectivity index (χ0v) is 11.9. The predicted octanol–water partition coefficient (Wildman–Crippen LogP) is 5.07. The third-order valence-electron chi connectivity index (χ3n) is 1.79. The molecule has 0 unspecified atom stereocenters. The van der Waals surface area contributed by atoms with E-state index >= 15 is 0 Å². The lowest BCUT2D eigenvalue weighted by Crippen LogP contribution is -2.05. The summed E-state index contributed by atoms with van der Waals surface area (Å²) in [7, 11) is 0. The fraction of sp³-hybridized carbons (Fsp3) is 0.889. The Hall–Kier alpha value is 1.12.